The highest BCUT2D eigenvalue weighted by Crippen LogP contribution is 2.25. The normalized spacial score (nSPS) is 10.0. The van der Waals surface area contributed by atoms with Crippen molar-refractivity contribution in [2.24, 2.45) is 0 Å². The molecule has 0 aromatic heterocycles. The third-order valence-electron chi connectivity index (χ3n) is 3.32. The number of hydrogen-bond acceptors (Lipinski definition) is 6. The van der Waals surface area contributed by atoms with Gasteiger partial charge in [0.05, 0.1) is 4.92 Å². The number of nitro benzene ring substituents is 1. The first-order valence-electron chi connectivity index (χ1n) is 7.90. The molecule has 0 aliphatic carbocycles. The molecule has 0 bridgehead atoms. The van der Waals surface area contributed by atoms with Crippen LogP contribution in [0.3, 0.4) is 0 Å². The van der Waals surface area contributed by atoms with Crippen LogP contribution in [0.5, 0.6) is 5.75 Å². The van der Waals surface area contributed by atoms with E-state index in [1.807, 2.05) is 0 Å². The number of anilines is 1. The van der Waals surface area contributed by atoms with Gasteiger partial charge in [-0.2, -0.15) is 0 Å². The van der Waals surface area contributed by atoms with Crippen LogP contribution in [-0.2, 0) is 4.79 Å². The lowest BCUT2D eigenvalue weighted by Gasteiger charge is -2.10. The van der Waals surface area contributed by atoms with Gasteiger partial charge < -0.3 is 10.1 Å². The number of rotatable bonds is 7. The number of ether oxygens (including phenoxy) is 1. The molecule has 0 heterocycles. The Labute approximate surface area is 159 Å². The number of nitro groups is 1. The van der Waals surface area contributed by atoms with Crippen molar-refractivity contribution in [2.45, 2.75) is 6.92 Å². The third-order valence-corrected chi connectivity index (χ3v) is 3.57. The second kappa shape index (κ2) is 9.39. The van der Waals surface area contributed by atoms with Crippen LogP contribution in [0.2, 0.25) is 5.02 Å². The first-order valence-corrected chi connectivity index (χ1v) is 8.28. The topological polar surface area (TPSA) is 123 Å². The van der Waals surface area contributed by atoms with E-state index < -0.39 is 16.7 Å². The largest absolute Gasteiger partial charge is 0.484 e. The van der Waals surface area contributed by atoms with E-state index in [1.165, 1.54) is 12.1 Å². The van der Waals surface area contributed by atoms with Gasteiger partial charge in [0.25, 0.3) is 17.5 Å². The SMILES string of the molecule is CCNc1ccc(C(=O)NNC(=O)COc2ccc(Cl)cc2)cc1[N+](=O)[O-]. The van der Waals surface area contributed by atoms with Gasteiger partial charge in [-0.15, -0.1) is 0 Å². The summed E-state index contributed by atoms with van der Waals surface area (Å²) in [5.41, 5.74) is 4.46. The van der Waals surface area contributed by atoms with Crippen molar-refractivity contribution < 1.29 is 19.2 Å². The number of nitrogens with one attached hydrogen (secondary N) is 3. The van der Waals surface area contributed by atoms with Gasteiger partial charge in [0.15, 0.2) is 6.61 Å². The van der Waals surface area contributed by atoms with Gasteiger partial charge in [0.1, 0.15) is 11.4 Å². The molecule has 0 unspecified atom stereocenters. The van der Waals surface area contributed by atoms with Crippen LogP contribution in [-0.4, -0.2) is 29.9 Å². The van der Waals surface area contributed by atoms with Gasteiger partial charge in [-0.05, 0) is 43.3 Å². The number of hydrazine groups is 1. The number of halogens is 1. The summed E-state index contributed by atoms with van der Waals surface area (Å²) in [7, 11) is 0. The summed E-state index contributed by atoms with van der Waals surface area (Å²) in [6.45, 7) is 1.96. The Hall–Kier alpha value is -3.33. The molecule has 2 rings (SSSR count). The average molecular weight is 393 g/mol. The molecule has 0 spiro atoms. The maximum Gasteiger partial charge on any atom is 0.293 e. The molecular formula is C17H17ClN4O5. The molecule has 142 valence electrons. The summed E-state index contributed by atoms with van der Waals surface area (Å²) in [6, 6.07) is 10.4. The molecule has 2 amide bonds. The third kappa shape index (κ3) is 5.86. The van der Waals surface area contributed by atoms with Crippen LogP contribution in [0.4, 0.5) is 11.4 Å². The van der Waals surface area contributed by atoms with Crippen molar-refractivity contribution in [3.63, 3.8) is 0 Å². The molecule has 0 radical (unpaired) electrons. The lowest BCUT2D eigenvalue weighted by atomic mass is 10.1. The minimum Gasteiger partial charge on any atom is -0.484 e. The molecule has 0 atom stereocenters. The summed E-state index contributed by atoms with van der Waals surface area (Å²) < 4.78 is 5.23. The predicted octanol–water partition coefficient (Wildman–Crippen LogP) is 2.52. The highest BCUT2D eigenvalue weighted by atomic mass is 35.5. The lowest BCUT2D eigenvalue weighted by molar-refractivity contribution is -0.384. The van der Waals surface area contributed by atoms with E-state index in [9.17, 15) is 19.7 Å². The molecule has 0 saturated heterocycles. The molecule has 3 N–H and O–H groups in total. The highest BCUT2D eigenvalue weighted by molar-refractivity contribution is 6.30. The summed E-state index contributed by atoms with van der Waals surface area (Å²) >= 11 is 5.75. The Morgan fingerprint density at radius 1 is 1.15 bits per heavy atom. The molecule has 0 aliphatic heterocycles. The molecule has 0 fully saturated rings. The van der Waals surface area contributed by atoms with Gasteiger partial charge >= 0.3 is 0 Å². The number of carbonyl (C=O) groups excluding carboxylic acids is 2. The minimum atomic E-state index is -0.694. The molecule has 10 heteroatoms. The van der Waals surface area contributed by atoms with Crippen molar-refractivity contribution in [1.29, 1.82) is 0 Å². The van der Waals surface area contributed by atoms with Crippen molar-refractivity contribution in [3.05, 3.63) is 63.2 Å². The van der Waals surface area contributed by atoms with Crippen LogP contribution in [0, 0.1) is 10.1 Å². The minimum absolute atomic E-state index is 0.0299. The second-order valence-electron chi connectivity index (χ2n) is 5.26. The Balaban J connectivity index is 1.90. The van der Waals surface area contributed by atoms with E-state index in [0.717, 1.165) is 6.07 Å². The molecule has 2 aromatic carbocycles. The monoisotopic (exact) mass is 392 g/mol. The molecular weight excluding hydrogens is 376 g/mol. The van der Waals surface area contributed by atoms with Gasteiger partial charge in [0, 0.05) is 23.2 Å². The van der Waals surface area contributed by atoms with E-state index in [0.29, 0.717) is 23.0 Å². The van der Waals surface area contributed by atoms with E-state index in [1.54, 1.807) is 31.2 Å². The molecule has 0 saturated carbocycles. The molecule has 9 nitrogen and oxygen atoms in total. The quantitative estimate of drug-likeness (QED) is 0.491. The van der Waals surface area contributed by atoms with Crippen molar-refractivity contribution >= 4 is 34.8 Å². The standard InChI is InChI=1S/C17H17ClN4O5/c1-2-19-14-8-3-11(9-15(14)22(25)26)17(24)21-20-16(23)10-27-13-6-4-12(18)5-7-13/h3-9,19H,2,10H2,1H3,(H,20,23)(H,21,24). The summed E-state index contributed by atoms with van der Waals surface area (Å²) in [4.78, 5) is 34.3. The summed E-state index contributed by atoms with van der Waals surface area (Å²) in [6.07, 6.45) is 0. The van der Waals surface area contributed by atoms with E-state index in [4.69, 9.17) is 16.3 Å². The number of carbonyl (C=O) groups is 2. The van der Waals surface area contributed by atoms with Crippen molar-refractivity contribution in [3.8, 4) is 5.75 Å². The van der Waals surface area contributed by atoms with Crippen LogP contribution in [0.25, 0.3) is 0 Å². The van der Waals surface area contributed by atoms with Crippen LogP contribution < -0.4 is 20.9 Å². The van der Waals surface area contributed by atoms with Crippen LogP contribution >= 0.6 is 11.6 Å². The highest BCUT2D eigenvalue weighted by Gasteiger charge is 2.17. The number of amides is 2. The van der Waals surface area contributed by atoms with Gasteiger partial charge in [-0.3, -0.25) is 30.6 Å². The molecule has 2 aromatic rings. The average Bonchev–Trinajstić information content (AvgIpc) is 2.66. The second-order valence-corrected chi connectivity index (χ2v) is 5.70. The van der Waals surface area contributed by atoms with Gasteiger partial charge in [-0.25, -0.2) is 0 Å². The maximum absolute atomic E-state index is 12.1. The fourth-order valence-electron chi connectivity index (χ4n) is 2.08. The zero-order valence-corrected chi connectivity index (χ0v) is 15.1. The fraction of sp³-hybridized carbons (Fsp3) is 0.176. The summed E-state index contributed by atoms with van der Waals surface area (Å²) in [5.74, 6) is -0.853. The molecule has 0 aliphatic rings. The number of benzene rings is 2. The van der Waals surface area contributed by atoms with Crippen molar-refractivity contribution in [1.82, 2.24) is 10.9 Å². The maximum atomic E-state index is 12.1. The Morgan fingerprint density at radius 2 is 1.85 bits per heavy atom. The lowest BCUT2D eigenvalue weighted by Crippen LogP contribution is -2.43. The van der Waals surface area contributed by atoms with E-state index >= 15 is 0 Å². The van der Waals surface area contributed by atoms with Gasteiger partial charge in [-0.1, -0.05) is 11.6 Å². The molecule has 27 heavy (non-hydrogen) atoms. The first-order chi connectivity index (χ1) is 12.9. The van der Waals surface area contributed by atoms with E-state index in [2.05, 4.69) is 16.2 Å². The Morgan fingerprint density at radius 3 is 2.48 bits per heavy atom. The van der Waals surface area contributed by atoms with Crippen molar-refractivity contribution in [2.75, 3.05) is 18.5 Å². The zero-order chi connectivity index (χ0) is 19.8. The smallest absolute Gasteiger partial charge is 0.293 e. The van der Waals surface area contributed by atoms with Crippen LogP contribution in [0.15, 0.2) is 42.5 Å². The van der Waals surface area contributed by atoms with Gasteiger partial charge in [0.2, 0.25) is 0 Å². The summed E-state index contributed by atoms with van der Waals surface area (Å²) in [5, 5.41) is 14.5. The Bertz CT molecular complexity index is 842. The first kappa shape index (κ1) is 20.0. The fourth-order valence-corrected chi connectivity index (χ4v) is 2.20. The zero-order valence-electron chi connectivity index (χ0n) is 14.3. The van der Waals surface area contributed by atoms with E-state index in [-0.39, 0.29) is 17.9 Å². The predicted molar refractivity (Wildman–Crippen MR) is 99.8 cm³/mol. The Kier molecular flexibility index (Phi) is 6.95. The number of hydrogen-bond donors (Lipinski definition) is 3. The van der Waals surface area contributed by atoms with Crippen LogP contribution in [0.1, 0.15) is 17.3 Å². The number of nitrogens with zero attached hydrogens (tertiary/aromatic N) is 1.